The quantitative estimate of drug-likeness (QED) is 0.593. The van der Waals surface area contributed by atoms with Crippen molar-refractivity contribution < 1.29 is 15.0 Å². The van der Waals surface area contributed by atoms with Crippen molar-refractivity contribution in [1.82, 2.24) is 19.6 Å². The van der Waals surface area contributed by atoms with Crippen LogP contribution in [0.2, 0.25) is 0 Å². The average molecular weight is 503 g/mol. The Bertz CT molecular complexity index is 855. The van der Waals surface area contributed by atoms with Gasteiger partial charge in [0, 0.05) is 75.7 Å². The molecule has 2 heterocycles. The van der Waals surface area contributed by atoms with Gasteiger partial charge in [0.05, 0.1) is 17.7 Å². The average Bonchev–Trinajstić information content (AvgIpc) is 3.12. The summed E-state index contributed by atoms with van der Waals surface area (Å²) >= 11 is 0. The van der Waals surface area contributed by atoms with Crippen molar-refractivity contribution >= 4 is 5.78 Å². The van der Waals surface area contributed by atoms with Crippen molar-refractivity contribution in [1.29, 1.82) is 0 Å². The molecule has 0 bridgehead atoms. The van der Waals surface area contributed by atoms with Gasteiger partial charge in [-0.2, -0.15) is 0 Å². The molecule has 0 amide bonds. The molecule has 2 aliphatic heterocycles. The normalized spacial score (nSPS) is 51.6. The molecule has 6 aliphatic rings. The molecule has 4 aliphatic carbocycles. The Morgan fingerprint density at radius 2 is 1.42 bits per heavy atom. The largest absolute Gasteiger partial charge is 0.393 e. The maximum absolute atomic E-state index is 14.1. The highest BCUT2D eigenvalue weighted by atomic mass is 16.3. The van der Waals surface area contributed by atoms with Gasteiger partial charge in [0.2, 0.25) is 0 Å². The summed E-state index contributed by atoms with van der Waals surface area (Å²) in [5.74, 6) is 1.85. The van der Waals surface area contributed by atoms with Crippen LogP contribution in [0.1, 0.15) is 58.8 Å². The third-order valence-electron chi connectivity index (χ3n) is 12.5. The van der Waals surface area contributed by atoms with E-state index < -0.39 is 11.7 Å². The first kappa shape index (κ1) is 25.7. The second kappa shape index (κ2) is 8.99. The van der Waals surface area contributed by atoms with Crippen LogP contribution in [-0.4, -0.2) is 126 Å². The van der Waals surface area contributed by atoms with Crippen molar-refractivity contribution in [2.24, 2.45) is 28.6 Å². The topological polar surface area (TPSA) is 70.5 Å². The minimum Gasteiger partial charge on any atom is -0.393 e. The zero-order valence-electron chi connectivity index (χ0n) is 23.2. The minimum atomic E-state index is -0.852. The van der Waals surface area contributed by atoms with Crippen molar-refractivity contribution in [3.63, 3.8) is 0 Å². The number of carbonyl (C=O) groups is 1. The second-order valence-corrected chi connectivity index (χ2v) is 14.1. The minimum absolute atomic E-state index is 0.0764. The lowest BCUT2D eigenvalue weighted by molar-refractivity contribution is -0.250. The number of carbonyl (C=O) groups excluding carboxylic acids is 1. The lowest BCUT2D eigenvalue weighted by Gasteiger charge is -2.67. The number of hydrogen-bond acceptors (Lipinski definition) is 7. The molecular formula is C29H50N4O3. The maximum Gasteiger partial charge on any atom is 0.156 e. The van der Waals surface area contributed by atoms with Gasteiger partial charge < -0.3 is 20.0 Å². The molecule has 7 heteroatoms. The highest BCUT2D eigenvalue weighted by Crippen LogP contribution is 2.67. The van der Waals surface area contributed by atoms with E-state index >= 15 is 0 Å². The Balaban J connectivity index is 1.33. The van der Waals surface area contributed by atoms with Crippen LogP contribution in [0.25, 0.3) is 0 Å². The Morgan fingerprint density at radius 1 is 0.806 bits per heavy atom. The molecule has 0 radical (unpaired) electrons. The maximum atomic E-state index is 14.1. The van der Waals surface area contributed by atoms with E-state index in [0.717, 1.165) is 90.9 Å². The Kier molecular flexibility index (Phi) is 6.41. The number of aliphatic hydroxyl groups excluding tert-OH is 1. The van der Waals surface area contributed by atoms with Crippen LogP contribution in [0.3, 0.4) is 0 Å². The molecule has 7 nitrogen and oxygen atoms in total. The number of hydrogen-bond donors (Lipinski definition) is 2. The number of ketones is 1. The van der Waals surface area contributed by atoms with Gasteiger partial charge in [-0.05, 0) is 70.4 Å². The summed E-state index contributed by atoms with van der Waals surface area (Å²) < 4.78 is 0. The summed E-state index contributed by atoms with van der Waals surface area (Å²) in [5, 5.41) is 23.3. The predicted molar refractivity (Wildman–Crippen MR) is 141 cm³/mol. The van der Waals surface area contributed by atoms with Crippen LogP contribution in [0.4, 0.5) is 0 Å². The van der Waals surface area contributed by atoms with Crippen LogP contribution >= 0.6 is 0 Å². The molecule has 0 aromatic carbocycles. The van der Waals surface area contributed by atoms with E-state index in [-0.39, 0.29) is 22.9 Å². The van der Waals surface area contributed by atoms with Gasteiger partial charge >= 0.3 is 0 Å². The molecule has 0 spiro atoms. The lowest BCUT2D eigenvalue weighted by Crippen LogP contribution is -2.73. The van der Waals surface area contributed by atoms with Gasteiger partial charge in [-0.3, -0.25) is 14.6 Å². The summed E-state index contributed by atoms with van der Waals surface area (Å²) in [5.41, 5.74) is -1.27. The fraction of sp³-hybridized carbons (Fsp3) is 0.966. The summed E-state index contributed by atoms with van der Waals surface area (Å²) in [6.45, 7) is 12.8. The molecule has 204 valence electrons. The number of aliphatic hydroxyl groups is 2. The van der Waals surface area contributed by atoms with Gasteiger partial charge in [0.25, 0.3) is 0 Å². The van der Waals surface area contributed by atoms with E-state index in [4.69, 9.17) is 0 Å². The smallest absolute Gasteiger partial charge is 0.156 e. The Hall–Kier alpha value is -0.570. The van der Waals surface area contributed by atoms with Crippen LogP contribution in [0, 0.1) is 28.6 Å². The first-order valence-electron chi connectivity index (χ1n) is 14.9. The number of piperazine rings is 2. The highest BCUT2D eigenvalue weighted by molar-refractivity contribution is 5.92. The molecule has 9 atom stereocenters. The number of Topliss-reactive ketones (excluding diaryl/α,β-unsaturated/α-hetero) is 1. The van der Waals surface area contributed by atoms with Gasteiger partial charge in [-0.15, -0.1) is 0 Å². The highest BCUT2D eigenvalue weighted by Gasteiger charge is 2.69. The van der Waals surface area contributed by atoms with Crippen LogP contribution < -0.4 is 0 Å². The standard InChI is InChI=1S/C29H50N4O3/c1-27-7-6-22-21(23(27)18-24(26(27)35)32-13-9-30(3)10-14-32)17-25(33-15-11-31(4)12-16-33)29(36)19-20(34)5-8-28(22,29)2/h20-25,34,36H,5-19H2,1-4H3/t20?,21-,22-,23+,24?,25?,27+,28-,29?/m1/s1. The van der Waals surface area contributed by atoms with Gasteiger partial charge in [0.15, 0.2) is 5.78 Å². The summed E-state index contributed by atoms with van der Waals surface area (Å²) in [4.78, 5) is 23.9. The van der Waals surface area contributed by atoms with Crippen LogP contribution in [-0.2, 0) is 4.79 Å². The van der Waals surface area contributed by atoms with E-state index in [9.17, 15) is 15.0 Å². The fourth-order valence-corrected chi connectivity index (χ4v) is 10.1. The third kappa shape index (κ3) is 3.70. The molecule has 36 heavy (non-hydrogen) atoms. The Labute approximate surface area is 218 Å². The van der Waals surface area contributed by atoms with E-state index in [1.807, 2.05) is 0 Å². The predicted octanol–water partition coefficient (Wildman–Crippen LogP) is 1.53. The summed E-state index contributed by atoms with van der Waals surface area (Å²) in [6.07, 6.45) is 5.80. The molecule has 6 fully saturated rings. The molecule has 2 N–H and O–H groups in total. The number of rotatable bonds is 2. The van der Waals surface area contributed by atoms with Crippen molar-refractivity contribution in [3.8, 4) is 0 Å². The SMILES string of the molecule is CN1CCN(C2C[C@H]3[C@@H]4CC(N5CCN(C)CC5)C5(O)CC(O)CC[C@]5(C)[C@@H]4CC[C@]3(C)C2=O)CC1. The first-order chi connectivity index (χ1) is 17.1. The second-order valence-electron chi connectivity index (χ2n) is 14.1. The van der Waals surface area contributed by atoms with Crippen molar-refractivity contribution in [3.05, 3.63) is 0 Å². The number of nitrogens with zero attached hydrogens (tertiary/aromatic N) is 4. The fourth-order valence-electron chi connectivity index (χ4n) is 10.1. The first-order valence-corrected chi connectivity index (χ1v) is 14.9. The zero-order chi connectivity index (χ0) is 25.5. The van der Waals surface area contributed by atoms with E-state index in [0.29, 0.717) is 30.0 Å². The van der Waals surface area contributed by atoms with E-state index in [1.54, 1.807) is 0 Å². The van der Waals surface area contributed by atoms with Crippen LogP contribution in [0.5, 0.6) is 0 Å². The number of likely N-dealkylation sites (N-methyl/N-ethyl adjacent to an activating group) is 2. The van der Waals surface area contributed by atoms with Gasteiger partial charge in [0.1, 0.15) is 0 Å². The van der Waals surface area contributed by atoms with E-state index in [2.05, 4.69) is 47.5 Å². The Morgan fingerprint density at radius 3 is 2.06 bits per heavy atom. The lowest BCUT2D eigenvalue weighted by atomic mass is 9.42. The third-order valence-corrected chi connectivity index (χ3v) is 12.5. The van der Waals surface area contributed by atoms with E-state index in [1.165, 1.54) is 0 Å². The molecular weight excluding hydrogens is 452 g/mol. The molecule has 4 unspecified atom stereocenters. The molecule has 0 aromatic rings. The van der Waals surface area contributed by atoms with Crippen molar-refractivity contribution in [2.45, 2.75) is 82.6 Å². The van der Waals surface area contributed by atoms with Crippen molar-refractivity contribution in [2.75, 3.05) is 66.5 Å². The number of fused-ring (bicyclic) bond motifs is 5. The van der Waals surface area contributed by atoms with Crippen LogP contribution in [0.15, 0.2) is 0 Å². The molecule has 4 saturated carbocycles. The molecule has 6 rings (SSSR count). The monoisotopic (exact) mass is 502 g/mol. The summed E-state index contributed by atoms with van der Waals surface area (Å²) in [7, 11) is 4.37. The summed E-state index contributed by atoms with van der Waals surface area (Å²) in [6, 6.07) is 0.156. The van der Waals surface area contributed by atoms with Gasteiger partial charge in [-0.25, -0.2) is 0 Å². The molecule has 2 saturated heterocycles. The zero-order valence-corrected chi connectivity index (χ0v) is 23.2. The molecule has 0 aromatic heterocycles. The van der Waals surface area contributed by atoms with Gasteiger partial charge in [-0.1, -0.05) is 13.8 Å².